The molecule has 0 aliphatic carbocycles. The molecular formula is C12H16N4. The lowest BCUT2D eigenvalue weighted by Crippen LogP contribution is -2.18. The van der Waals surface area contributed by atoms with Gasteiger partial charge in [0.25, 0.3) is 0 Å². The highest BCUT2D eigenvalue weighted by Gasteiger charge is 2.15. The molecule has 0 spiro atoms. The van der Waals surface area contributed by atoms with Crippen LogP contribution in [0.25, 0.3) is 0 Å². The molecule has 2 aromatic heterocycles. The third-order valence-electron chi connectivity index (χ3n) is 2.73. The van der Waals surface area contributed by atoms with Crippen molar-refractivity contribution in [2.45, 2.75) is 19.9 Å². The van der Waals surface area contributed by atoms with E-state index in [1.807, 2.05) is 33.2 Å². The van der Waals surface area contributed by atoms with Crippen molar-refractivity contribution >= 4 is 0 Å². The maximum absolute atomic E-state index is 6.19. The van der Waals surface area contributed by atoms with Gasteiger partial charge in [0.2, 0.25) is 0 Å². The van der Waals surface area contributed by atoms with Crippen LogP contribution in [0, 0.1) is 13.8 Å². The van der Waals surface area contributed by atoms with E-state index in [2.05, 4.69) is 16.1 Å². The van der Waals surface area contributed by atoms with Crippen LogP contribution in [0.2, 0.25) is 0 Å². The molecule has 2 heterocycles. The SMILES string of the molecule is Cc1cnc(C(N)c2ccnn2C)c(C)c1. The van der Waals surface area contributed by atoms with Crippen molar-refractivity contribution in [2.24, 2.45) is 12.8 Å². The van der Waals surface area contributed by atoms with Gasteiger partial charge in [-0.25, -0.2) is 0 Å². The number of nitrogens with zero attached hydrogens (tertiary/aromatic N) is 3. The van der Waals surface area contributed by atoms with E-state index in [1.165, 1.54) is 0 Å². The molecular weight excluding hydrogens is 200 g/mol. The van der Waals surface area contributed by atoms with Crippen molar-refractivity contribution in [1.29, 1.82) is 0 Å². The maximum Gasteiger partial charge on any atom is 0.0899 e. The van der Waals surface area contributed by atoms with Crippen molar-refractivity contribution in [1.82, 2.24) is 14.8 Å². The van der Waals surface area contributed by atoms with Crippen LogP contribution < -0.4 is 5.73 Å². The molecule has 4 nitrogen and oxygen atoms in total. The summed E-state index contributed by atoms with van der Waals surface area (Å²) in [5.74, 6) is 0. The minimum Gasteiger partial charge on any atom is -0.318 e. The Morgan fingerprint density at radius 2 is 2.12 bits per heavy atom. The van der Waals surface area contributed by atoms with Crippen molar-refractivity contribution < 1.29 is 0 Å². The third kappa shape index (κ3) is 1.84. The van der Waals surface area contributed by atoms with E-state index >= 15 is 0 Å². The molecule has 2 N–H and O–H groups in total. The maximum atomic E-state index is 6.19. The normalized spacial score (nSPS) is 12.8. The lowest BCUT2D eigenvalue weighted by molar-refractivity contribution is 0.661. The standard InChI is InChI=1S/C12H16N4/c1-8-6-9(2)12(14-7-8)11(13)10-4-5-15-16(10)3/h4-7,11H,13H2,1-3H3. The summed E-state index contributed by atoms with van der Waals surface area (Å²) in [4.78, 5) is 4.41. The fourth-order valence-corrected chi connectivity index (χ4v) is 1.88. The minimum absolute atomic E-state index is 0.215. The average Bonchev–Trinajstić information content (AvgIpc) is 2.63. The Balaban J connectivity index is 2.41. The van der Waals surface area contributed by atoms with E-state index in [4.69, 9.17) is 5.73 Å². The number of nitrogens with two attached hydrogens (primary N) is 1. The molecule has 0 amide bonds. The molecule has 4 heteroatoms. The topological polar surface area (TPSA) is 56.7 Å². The second-order valence-corrected chi connectivity index (χ2v) is 4.07. The first-order valence-corrected chi connectivity index (χ1v) is 5.26. The average molecular weight is 216 g/mol. The first kappa shape index (κ1) is 10.8. The number of aromatic nitrogens is 3. The smallest absolute Gasteiger partial charge is 0.0899 e. The molecule has 0 aliphatic heterocycles. The van der Waals surface area contributed by atoms with Gasteiger partial charge in [0, 0.05) is 19.4 Å². The lowest BCUT2D eigenvalue weighted by Gasteiger charge is -2.14. The van der Waals surface area contributed by atoms with E-state index in [-0.39, 0.29) is 6.04 Å². The summed E-state index contributed by atoms with van der Waals surface area (Å²) < 4.78 is 1.78. The predicted molar refractivity (Wildman–Crippen MR) is 62.9 cm³/mol. The highest BCUT2D eigenvalue weighted by Crippen LogP contribution is 2.20. The molecule has 0 aliphatic rings. The van der Waals surface area contributed by atoms with Crippen LogP contribution in [-0.4, -0.2) is 14.8 Å². The Morgan fingerprint density at radius 1 is 1.38 bits per heavy atom. The number of aryl methyl sites for hydroxylation is 3. The van der Waals surface area contributed by atoms with E-state index in [0.717, 1.165) is 22.5 Å². The fraction of sp³-hybridized carbons (Fsp3) is 0.333. The van der Waals surface area contributed by atoms with E-state index in [9.17, 15) is 0 Å². The second kappa shape index (κ2) is 4.06. The Bertz CT molecular complexity index is 501. The summed E-state index contributed by atoms with van der Waals surface area (Å²) in [5.41, 5.74) is 10.3. The van der Waals surface area contributed by atoms with E-state index in [0.29, 0.717) is 0 Å². The van der Waals surface area contributed by atoms with Gasteiger partial charge in [0.05, 0.1) is 17.4 Å². The van der Waals surface area contributed by atoms with E-state index in [1.54, 1.807) is 10.9 Å². The highest BCUT2D eigenvalue weighted by molar-refractivity contribution is 5.30. The molecule has 84 valence electrons. The lowest BCUT2D eigenvalue weighted by atomic mass is 10.0. The van der Waals surface area contributed by atoms with Crippen LogP contribution in [0.4, 0.5) is 0 Å². The van der Waals surface area contributed by atoms with Gasteiger partial charge in [-0.2, -0.15) is 5.10 Å². The molecule has 0 saturated carbocycles. The fourth-order valence-electron chi connectivity index (χ4n) is 1.88. The minimum atomic E-state index is -0.215. The van der Waals surface area contributed by atoms with Gasteiger partial charge in [0.1, 0.15) is 0 Å². The van der Waals surface area contributed by atoms with Crippen molar-refractivity contribution in [3.63, 3.8) is 0 Å². The molecule has 16 heavy (non-hydrogen) atoms. The zero-order valence-electron chi connectivity index (χ0n) is 9.81. The predicted octanol–water partition coefficient (Wildman–Crippen LogP) is 1.48. The van der Waals surface area contributed by atoms with Gasteiger partial charge >= 0.3 is 0 Å². The zero-order chi connectivity index (χ0) is 11.7. The van der Waals surface area contributed by atoms with Gasteiger partial charge in [0.15, 0.2) is 0 Å². The van der Waals surface area contributed by atoms with Gasteiger partial charge in [-0.1, -0.05) is 6.07 Å². The molecule has 0 saturated heterocycles. The van der Waals surface area contributed by atoms with Gasteiger partial charge in [-0.15, -0.1) is 0 Å². The number of hydrogen-bond acceptors (Lipinski definition) is 3. The summed E-state index contributed by atoms with van der Waals surface area (Å²) in [7, 11) is 1.89. The van der Waals surface area contributed by atoms with Gasteiger partial charge in [-0.3, -0.25) is 9.67 Å². The molecule has 2 aromatic rings. The number of rotatable bonds is 2. The van der Waals surface area contributed by atoms with Crippen LogP contribution in [0.5, 0.6) is 0 Å². The largest absolute Gasteiger partial charge is 0.318 e. The number of pyridine rings is 1. The molecule has 2 rings (SSSR count). The quantitative estimate of drug-likeness (QED) is 0.827. The summed E-state index contributed by atoms with van der Waals surface area (Å²) in [6.45, 7) is 4.06. The zero-order valence-corrected chi connectivity index (χ0v) is 9.81. The molecule has 0 fully saturated rings. The molecule has 0 bridgehead atoms. The Labute approximate surface area is 95.1 Å². The Kier molecular flexibility index (Phi) is 2.75. The molecule has 1 atom stereocenters. The highest BCUT2D eigenvalue weighted by atomic mass is 15.3. The molecule has 0 aromatic carbocycles. The van der Waals surface area contributed by atoms with E-state index < -0.39 is 0 Å². The second-order valence-electron chi connectivity index (χ2n) is 4.07. The monoisotopic (exact) mass is 216 g/mol. The van der Waals surface area contributed by atoms with Crippen LogP contribution in [-0.2, 0) is 7.05 Å². The van der Waals surface area contributed by atoms with Crippen LogP contribution in [0.15, 0.2) is 24.5 Å². The first-order chi connectivity index (χ1) is 7.59. The van der Waals surface area contributed by atoms with Crippen LogP contribution >= 0.6 is 0 Å². The van der Waals surface area contributed by atoms with Gasteiger partial charge < -0.3 is 5.73 Å². The summed E-state index contributed by atoms with van der Waals surface area (Å²) >= 11 is 0. The summed E-state index contributed by atoms with van der Waals surface area (Å²) in [5, 5.41) is 4.12. The summed E-state index contributed by atoms with van der Waals surface area (Å²) in [6, 6.07) is 3.80. The summed E-state index contributed by atoms with van der Waals surface area (Å²) in [6.07, 6.45) is 3.59. The Morgan fingerprint density at radius 3 is 2.69 bits per heavy atom. The number of hydrogen-bond donors (Lipinski definition) is 1. The first-order valence-electron chi connectivity index (χ1n) is 5.26. The Hall–Kier alpha value is -1.68. The van der Waals surface area contributed by atoms with Crippen molar-refractivity contribution in [3.8, 4) is 0 Å². The third-order valence-corrected chi connectivity index (χ3v) is 2.73. The van der Waals surface area contributed by atoms with Crippen molar-refractivity contribution in [3.05, 3.63) is 47.0 Å². The van der Waals surface area contributed by atoms with Crippen LogP contribution in [0.3, 0.4) is 0 Å². The van der Waals surface area contributed by atoms with Crippen LogP contribution in [0.1, 0.15) is 28.6 Å². The molecule has 0 radical (unpaired) electrons. The van der Waals surface area contributed by atoms with Crippen molar-refractivity contribution in [2.75, 3.05) is 0 Å². The molecule has 1 unspecified atom stereocenters. The van der Waals surface area contributed by atoms with Gasteiger partial charge in [-0.05, 0) is 31.0 Å².